The van der Waals surface area contributed by atoms with Gasteiger partial charge in [0.15, 0.2) is 16.6 Å². The number of anilines is 1. The normalized spacial score (nSPS) is 10.5. The van der Waals surface area contributed by atoms with Crippen molar-refractivity contribution in [3.05, 3.63) is 40.3 Å². The van der Waals surface area contributed by atoms with Crippen molar-refractivity contribution in [1.29, 1.82) is 0 Å². The second kappa shape index (κ2) is 6.98. The van der Waals surface area contributed by atoms with Crippen LogP contribution in [0.5, 0.6) is 11.5 Å². The van der Waals surface area contributed by atoms with Crippen LogP contribution in [0.4, 0.5) is 5.13 Å². The number of rotatable bonds is 5. The molecular weight excluding hydrogens is 346 g/mol. The number of hydrogen-bond acceptors (Lipinski definition) is 7. The standard InChI is InChI=1S/C16H15N3O3S2/c1-9-7-24-16(17-9)19-14(20)11-8-23-15(18-11)10-5-4-6-12(21-2)13(10)22-3/h4-8H,1-3H3,(H,17,19,20). The first kappa shape index (κ1) is 16.4. The minimum absolute atomic E-state index is 0.284. The van der Waals surface area contributed by atoms with Crippen molar-refractivity contribution in [3.63, 3.8) is 0 Å². The number of thiazole rings is 2. The number of ether oxygens (including phenoxy) is 2. The van der Waals surface area contributed by atoms with E-state index in [0.717, 1.165) is 11.3 Å². The van der Waals surface area contributed by atoms with Gasteiger partial charge < -0.3 is 9.47 Å². The van der Waals surface area contributed by atoms with Crippen LogP contribution >= 0.6 is 22.7 Å². The summed E-state index contributed by atoms with van der Waals surface area (Å²) in [5.41, 5.74) is 1.99. The van der Waals surface area contributed by atoms with E-state index in [9.17, 15) is 4.79 Å². The fraction of sp³-hybridized carbons (Fsp3) is 0.188. The Morgan fingerprint density at radius 3 is 2.62 bits per heavy atom. The topological polar surface area (TPSA) is 73.3 Å². The van der Waals surface area contributed by atoms with E-state index in [4.69, 9.17) is 9.47 Å². The van der Waals surface area contributed by atoms with E-state index in [1.165, 1.54) is 22.7 Å². The van der Waals surface area contributed by atoms with E-state index in [1.807, 2.05) is 30.5 Å². The average Bonchev–Trinajstić information content (AvgIpc) is 3.23. The minimum Gasteiger partial charge on any atom is -0.493 e. The van der Waals surface area contributed by atoms with Crippen LogP contribution in [0.25, 0.3) is 10.6 Å². The molecule has 0 unspecified atom stereocenters. The number of aryl methyl sites for hydroxylation is 1. The van der Waals surface area contributed by atoms with E-state index >= 15 is 0 Å². The van der Waals surface area contributed by atoms with Crippen LogP contribution in [-0.4, -0.2) is 30.1 Å². The molecule has 3 aromatic rings. The highest BCUT2D eigenvalue weighted by Crippen LogP contribution is 2.39. The molecule has 1 amide bonds. The number of methoxy groups -OCH3 is 2. The molecule has 0 fully saturated rings. The summed E-state index contributed by atoms with van der Waals surface area (Å²) in [4.78, 5) is 20.9. The fourth-order valence-corrected chi connectivity index (χ4v) is 3.63. The average molecular weight is 361 g/mol. The second-order valence-corrected chi connectivity index (χ2v) is 6.54. The van der Waals surface area contributed by atoms with Crippen molar-refractivity contribution in [2.45, 2.75) is 6.92 Å². The lowest BCUT2D eigenvalue weighted by Gasteiger charge is -2.10. The molecule has 0 radical (unpaired) electrons. The Bertz CT molecular complexity index is 873. The molecule has 2 aromatic heterocycles. The Labute approximate surface area is 147 Å². The molecule has 24 heavy (non-hydrogen) atoms. The summed E-state index contributed by atoms with van der Waals surface area (Å²) in [6.45, 7) is 1.88. The number of hydrogen-bond donors (Lipinski definition) is 1. The lowest BCUT2D eigenvalue weighted by molar-refractivity contribution is 0.102. The quantitative estimate of drug-likeness (QED) is 0.747. The molecule has 0 bridgehead atoms. The molecular formula is C16H15N3O3S2. The molecule has 8 heteroatoms. The lowest BCUT2D eigenvalue weighted by Crippen LogP contribution is -2.12. The number of aromatic nitrogens is 2. The Kier molecular flexibility index (Phi) is 4.77. The van der Waals surface area contributed by atoms with Crippen molar-refractivity contribution in [2.75, 3.05) is 19.5 Å². The molecule has 1 aromatic carbocycles. The molecule has 6 nitrogen and oxygen atoms in total. The number of para-hydroxylation sites is 1. The summed E-state index contributed by atoms with van der Waals surface area (Å²) in [6, 6.07) is 5.55. The van der Waals surface area contributed by atoms with E-state index in [2.05, 4.69) is 15.3 Å². The molecule has 2 heterocycles. The van der Waals surface area contributed by atoms with Crippen LogP contribution in [0.1, 0.15) is 16.2 Å². The van der Waals surface area contributed by atoms with Gasteiger partial charge in [0, 0.05) is 10.8 Å². The second-order valence-electron chi connectivity index (χ2n) is 4.83. The Hall–Kier alpha value is -2.45. The zero-order valence-electron chi connectivity index (χ0n) is 13.3. The van der Waals surface area contributed by atoms with E-state index in [0.29, 0.717) is 27.3 Å². The van der Waals surface area contributed by atoms with Gasteiger partial charge in [0.1, 0.15) is 10.7 Å². The first-order chi connectivity index (χ1) is 11.6. The zero-order chi connectivity index (χ0) is 17.1. The van der Waals surface area contributed by atoms with Gasteiger partial charge in [-0.2, -0.15) is 0 Å². The summed E-state index contributed by atoms with van der Waals surface area (Å²) in [6.07, 6.45) is 0. The van der Waals surface area contributed by atoms with Crippen LogP contribution in [0.3, 0.4) is 0 Å². The maximum absolute atomic E-state index is 12.3. The number of amides is 1. The summed E-state index contributed by atoms with van der Waals surface area (Å²) in [5, 5.41) is 7.59. The molecule has 0 aliphatic heterocycles. The van der Waals surface area contributed by atoms with Gasteiger partial charge in [-0.15, -0.1) is 22.7 Å². The van der Waals surface area contributed by atoms with E-state index in [-0.39, 0.29) is 5.91 Å². The summed E-state index contributed by atoms with van der Waals surface area (Å²) in [5.74, 6) is 0.931. The van der Waals surface area contributed by atoms with Gasteiger partial charge in [-0.1, -0.05) is 6.07 Å². The SMILES string of the molecule is COc1cccc(-c2nc(C(=O)Nc3nc(C)cs3)cs2)c1OC. The first-order valence-electron chi connectivity index (χ1n) is 7.02. The van der Waals surface area contributed by atoms with Crippen molar-refractivity contribution >= 4 is 33.7 Å². The van der Waals surface area contributed by atoms with Crippen molar-refractivity contribution in [1.82, 2.24) is 9.97 Å². The predicted octanol–water partition coefficient (Wildman–Crippen LogP) is 3.84. The third-order valence-electron chi connectivity index (χ3n) is 3.21. The number of carbonyl (C=O) groups is 1. The molecule has 0 spiro atoms. The number of nitrogens with zero attached hydrogens (tertiary/aromatic N) is 2. The summed E-state index contributed by atoms with van der Waals surface area (Å²) >= 11 is 2.75. The smallest absolute Gasteiger partial charge is 0.276 e. The zero-order valence-corrected chi connectivity index (χ0v) is 15.0. The van der Waals surface area contributed by atoms with Gasteiger partial charge in [0.05, 0.1) is 25.5 Å². The minimum atomic E-state index is -0.284. The maximum atomic E-state index is 12.3. The maximum Gasteiger partial charge on any atom is 0.276 e. The van der Waals surface area contributed by atoms with Gasteiger partial charge >= 0.3 is 0 Å². The highest BCUT2D eigenvalue weighted by Gasteiger charge is 2.17. The van der Waals surface area contributed by atoms with Crippen molar-refractivity contribution < 1.29 is 14.3 Å². The predicted molar refractivity (Wildman–Crippen MR) is 95.5 cm³/mol. The molecule has 0 saturated carbocycles. The summed E-state index contributed by atoms with van der Waals surface area (Å²) in [7, 11) is 3.16. The van der Waals surface area contributed by atoms with E-state index in [1.54, 1.807) is 19.6 Å². The molecule has 0 atom stereocenters. The van der Waals surface area contributed by atoms with Gasteiger partial charge in [-0.3, -0.25) is 10.1 Å². The largest absolute Gasteiger partial charge is 0.493 e. The van der Waals surface area contributed by atoms with E-state index < -0.39 is 0 Å². The fourth-order valence-electron chi connectivity index (χ4n) is 2.13. The molecule has 0 aliphatic rings. The van der Waals surface area contributed by atoms with Gasteiger partial charge in [0.25, 0.3) is 5.91 Å². The van der Waals surface area contributed by atoms with Crippen LogP contribution < -0.4 is 14.8 Å². The highest BCUT2D eigenvalue weighted by molar-refractivity contribution is 7.14. The number of benzene rings is 1. The third-order valence-corrected chi connectivity index (χ3v) is 4.96. The van der Waals surface area contributed by atoms with Gasteiger partial charge in [-0.05, 0) is 19.1 Å². The molecule has 124 valence electrons. The van der Waals surface area contributed by atoms with Crippen LogP contribution in [0.15, 0.2) is 29.0 Å². The molecule has 3 rings (SSSR count). The van der Waals surface area contributed by atoms with Crippen LogP contribution in [0.2, 0.25) is 0 Å². The highest BCUT2D eigenvalue weighted by atomic mass is 32.1. The van der Waals surface area contributed by atoms with Crippen LogP contribution in [0, 0.1) is 6.92 Å². The monoisotopic (exact) mass is 361 g/mol. The van der Waals surface area contributed by atoms with Crippen molar-refractivity contribution in [2.24, 2.45) is 0 Å². The Morgan fingerprint density at radius 1 is 1.12 bits per heavy atom. The third kappa shape index (κ3) is 3.24. The Morgan fingerprint density at radius 2 is 1.96 bits per heavy atom. The van der Waals surface area contributed by atoms with Gasteiger partial charge in [-0.25, -0.2) is 9.97 Å². The lowest BCUT2D eigenvalue weighted by atomic mass is 10.2. The summed E-state index contributed by atoms with van der Waals surface area (Å²) < 4.78 is 10.7. The van der Waals surface area contributed by atoms with Gasteiger partial charge in [0.2, 0.25) is 0 Å². The molecule has 1 N–H and O–H groups in total. The van der Waals surface area contributed by atoms with Crippen LogP contribution in [-0.2, 0) is 0 Å². The molecule has 0 aliphatic carbocycles. The van der Waals surface area contributed by atoms with Crippen molar-refractivity contribution in [3.8, 4) is 22.1 Å². The first-order valence-corrected chi connectivity index (χ1v) is 8.78. The number of nitrogens with one attached hydrogen (secondary N) is 1. The Balaban J connectivity index is 1.87. The molecule has 0 saturated heterocycles. The number of carbonyl (C=O) groups excluding carboxylic acids is 1.